The van der Waals surface area contributed by atoms with Crippen molar-refractivity contribution in [2.45, 2.75) is 13.8 Å². The SMILES string of the molecule is Cc1ccc(Nc2cc(C)nc(Nc3ccc(NC(=O)c4ccc(F)cc4)cc3)n2)cc1. The van der Waals surface area contributed by atoms with Crippen LogP contribution in [0.15, 0.2) is 78.9 Å². The number of anilines is 5. The fourth-order valence-corrected chi connectivity index (χ4v) is 3.04. The van der Waals surface area contributed by atoms with Crippen LogP contribution in [0.2, 0.25) is 0 Å². The zero-order chi connectivity index (χ0) is 22.5. The average Bonchev–Trinajstić information content (AvgIpc) is 2.77. The highest BCUT2D eigenvalue weighted by atomic mass is 19.1. The number of hydrogen-bond acceptors (Lipinski definition) is 5. The number of halogens is 1. The summed E-state index contributed by atoms with van der Waals surface area (Å²) < 4.78 is 13.0. The maximum absolute atomic E-state index is 13.0. The van der Waals surface area contributed by atoms with Crippen LogP contribution in [-0.4, -0.2) is 15.9 Å². The van der Waals surface area contributed by atoms with Gasteiger partial charge in [0.1, 0.15) is 11.6 Å². The molecular weight excluding hydrogens is 405 g/mol. The summed E-state index contributed by atoms with van der Waals surface area (Å²) >= 11 is 0. The molecule has 1 amide bonds. The van der Waals surface area contributed by atoms with Crippen molar-refractivity contribution < 1.29 is 9.18 Å². The molecule has 7 heteroatoms. The first-order chi connectivity index (χ1) is 15.4. The summed E-state index contributed by atoms with van der Waals surface area (Å²) in [4.78, 5) is 21.2. The Labute approximate surface area is 185 Å². The number of aryl methyl sites for hydroxylation is 2. The minimum Gasteiger partial charge on any atom is -0.340 e. The van der Waals surface area contributed by atoms with Crippen LogP contribution in [-0.2, 0) is 0 Å². The van der Waals surface area contributed by atoms with Crippen LogP contribution < -0.4 is 16.0 Å². The van der Waals surface area contributed by atoms with Gasteiger partial charge in [0.2, 0.25) is 5.95 Å². The minimum atomic E-state index is -0.382. The molecule has 0 spiro atoms. The number of nitrogens with one attached hydrogen (secondary N) is 3. The fraction of sp³-hybridized carbons (Fsp3) is 0.0800. The summed E-state index contributed by atoms with van der Waals surface area (Å²) in [6.07, 6.45) is 0. The van der Waals surface area contributed by atoms with Crippen LogP contribution >= 0.6 is 0 Å². The number of benzene rings is 3. The van der Waals surface area contributed by atoms with Crippen LogP contribution in [0.4, 0.5) is 33.2 Å². The molecule has 1 heterocycles. The highest BCUT2D eigenvalue weighted by molar-refractivity contribution is 6.04. The molecule has 0 aliphatic rings. The summed E-state index contributed by atoms with van der Waals surface area (Å²) in [7, 11) is 0. The number of carbonyl (C=O) groups is 1. The molecule has 1 aromatic heterocycles. The summed E-state index contributed by atoms with van der Waals surface area (Å²) in [5.74, 6) is 0.460. The molecule has 4 rings (SSSR count). The van der Waals surface area contributed by atoms with E-state index in [-0.39, 0.29) is 11.7 Å². The molecule has 3 aromatic carbocycles. The van der Waals surface area contributed by atoms with E-state index in [4.69, 9.17) is 0 Å². The zero-order valence-corrected chi connectivity index (χ0v) is 17.7. The highest BCUT2D eigenvalue weighted by Gasteiger charge is 2.07. The molecule has 0 unspecified atom stereocenters. The van der Waals surface area contributed by atoms with Gasteiger partial charge in [-0.1, -0.05) is 17.7 Å². The third kappa shape index (κ3) is 5.46. The van der Waals surface area contributed by atoms with Gasteiger partial charge in [0.25, 0.3) is 5.91 Å². The van der Waals surface area contributed by atoms with E-state index >= 15 is 0 Å². The Balaban J connectivity index is 1.42. The van der Waals surface area contributed by atoms with Crippen molar-refractivity contribution in [1.82, 2.24) is 9.97 Å². The second-order valence-electron chi connectivity index (χ2n) is 7.37. The monoisotopic (exact) mass is 427 g/mol. The third-order valence-electron chi connectivity index (χ3n) is 4.68. The lowest BCUT2D eigenvalue weighted by molar-refractivity contribution is 0.102. The maximum Gasteiger partial charge on any atom is 0.255 e. The molecule has 0 bridgehead atoms. The molecule has 0 aliphatic heterocycles. The van der Waals surface area contributed by atoms with Gasteiger partial charge in [-0.05, 0) is 74.5 Å². The van der Waals surface area contributed by atoms with E-state index in [0.29, 0.717) is 23.0 Å². The lowest BCUT2D eigenvalue weighted by atomic mass is 10.2. The molecule has 0 atom stereocenters. The molecule has 0 aliphatic carbocycles. The number of hydrogen-bond donors (Lipinski definition) is 3. The van der Waals surface area contributed by atoms with Gasteiger partial charge in [-0.25, -0.2) is 9.37 Å². The van der Waals surface area contributed by atoms with Crippen LogP contribution in [0.1, 0.15) is 21.6 Å². The first kappa shape index (κ1) is 21.0. The quantitative estimate of drug-likeness (QED) is 0.353. The Kier molecular flexibility index (Phi) is 6.07. The van der Waals surface area contributed by atoms with Crippen LogP contribution in [0.3, 0.4) is 0 Å². The molecule has 3 N–H and O–H groups in total. The van der Waals surface area contributed by atoms with E-state index in [9.17, 15) is 9.18 Å². The molecule has 32 heavy (non-hydrogen) atoms. The summed E-state index contributed by atoms with van der Waals surface area (Å²) in [5.41, 5.74) is 4.74. The molecule has 0 fully saturated rings. The van der Waals surface area contributed by atoms with Gasteiger partial charge >= 0.3 is 0 Å². The van der Waals surface area contributed by atoms with Gasteiger partial charge < -0.3 is 16.0 Å². The van der Waals surface area contributed by atoms with E-state index in [1.807, 2.05) is 56.3 Å². The molecule has 4 aromatic rings. The van der Waals surface area contributed by atoms with Gasteiger partial charge in [-0.15, -0.1) is 0 Å². The van der Waals surface area contributed by atoms with Gasteiger partial charge in [-0.3, -0.25) is 4.79 Å². The standard InChI is InChI=1S/C25H22FN5O/c1-16-3-9-20(10-4-16)28-23-15-17(2)27-25(31-23)30-22-13-11-21(12-14-22)29-24(32)18-5-7-19(26)8-6-18/h3-15H,1-2H3,(H,29,32)(H2,27,28,30,31). The Bertz CT molecular complexity index is 1220. The van der Waals surface area contributed by atoms with E-state index < -0.39 is 0 Å². The van der Waals surface area contributed by atoms with Gasteiger partial charge in [0.05, 0.1) is 0 Å². The summed E-state index contributed by atoms with van der Waals surface area (Å²) in [5, 5.41) is 9.26. The first-order valence-electron chi connectivity index (χ1n) is 10.1. The van der Waals surface area contributed by atoms with Gasteiger partial charge in [0, 0.05) is 34.4 Å². The van der Waals surface area contributed by atoms with Crippen molar-refractivity contribution in [3.8, 4) is 0 Å². The number of nitrogens with zero attached hydrogens (tertiary/aromatic N) is 2. The number of carbonyl (C=O) groups excluding carboxylic acids is 1. The third-order valence-corrected chi connectivity index (χ3v) is 4.68. The molecule has 160 valence electrons. The van der Waals surface area contributed by atoms with Crippen molar-refractivity contribution in [1.29, 1.82) is 0 Å². The fourth-order valence-electron chi connectivity index (χ4n) is 3.04. The van der Waals surface area contributed by atoms with Crippen molar-refractivity contribution >= 4 is 34.7 Å². The second kappa shape index (κ2) is 9.26. The predicted octanol–water partition coefficient (Wildman–Crippen LogP) is 5.97. The number of rotatable bonds is 6. The van der Waals surface area contributed by atoms with Gasteiger partial charge in [-0.2, -0.15) is 4.98 Å². The van der Waals surface area contributed by atoms with Crippen LogP contribution in [0.5, 0.6) is 0 Å². The Hall–Kier alpha value is -4.26. The Morgan fingerprint density at radius 2 is 1.34 bits per heavy atom. The smallest absolute Gasteiger partial charge is 0.255 e. The van der Waals surface area contributed by atoms with E-state index in [1.165, 1.54) is 29.8 Å². The number of amides is 1. The topological polar surface area (TPSA) is 78.9 Å². The Morgan fingerprint density at radius 3 is 2.03 bits per heavy atom. The lowest BCUT2D eigenvalue weighted by Crippen LogP contribution is -2.11. The van der Waals surface area contributed by atoms with Crippen molar-refractivity contribution in [3.63, 3.8) is 0 Å². The molecule has 0 saturated carbocycles. The maximum atomic E-state index is 13.0. The largest absolute Gasteiger partial charge is 0.340 e. The zero-order valence-electron chi connectivity index (χ0n) is 17.7. The van der Waals surface area contributed by atoms with Crippen molar-refractivity contribution in [3.05, 3.63) is 102 Å². The lowest BCUT2D eigenvalue weighted by Gasteiger charge is -2.11. The second-order valence-corrected chi connectivity index (χ2v) is 7.37. The van der Waals surface area contributed by atoms with Crippen molar-refractivity contribution in [2.24, 2.45) is 0 Å². The minimum absolute atomic E-state index is 0.306. The van der Waals surface area contributed by atoms with Crippen LogP contribution in [0, 0.1) is 19.7 Å². The predicted molar refractivity (Wildman–Crippen MR) is 125 cm³/mol. The molecule has 0 saturated heterocycles. The van der Waals surface area contributed by atoms with Gasteiger partial charge in [0.15, 0.2) is 0 Å². The number of aromatic nitrogens is 2. The molecule has 6 nitrogen and oxygen atoms in total. The normalized spacial score (nSPS) is 10.5. The van der Waals surface area contributed by atoms with E-state index in [2.05, 4.69) is 25.9 Å². The van der Waals surface area contributed by atoms with Crippen molar-refractivity contribution in [2.75, 3.05) is 16.0 Å². The van der Waals surface area contributed by atoms with Crippen LogP contribution in [0.25, 0.3) is 0 Å². The molecule has 0 radical (unpaired) electrons. The Morgan fingerprint density at radius 1 is 0.750 bits per heavy atom. The average molecular weight is 427 g/mol. The van der Waals surface area contributed by atoms with E-state index in [1.54, 1.807) is 12.1 Å². The summed E-state index contributed by atoms with van der Waals surface area (Å²) in [6.45, 7) is 3.95. The van der Waals surface area contributed by atoms with E-state index in [0.717, 1.165) is 17.1 Å². The highest BCUT2D eigenvalue weighted by Crippen LogP contribution is 2.21. The summed E-state index contributed by atoms with van der Waals surface area (Å²) in [6, 6.07) is 22.5. The first-order valence-corrected chi connectivity index (χ1v) is 10.1. The molecular formula is C25H22FN5O.